The largest absolute Gasteiger partial charge is 0.492 e. The zero-order valence-corrected chi connectivity index (χ0v) is 23.6. The molecule has 1 aliphatic heterocycles. The minimum atomic E-state index is 0.504. The van der Waals surface area contributed by atoms with Gasteiger partial charge in [-0.1, -0.05) is 60.7 Å². The molecule has 0 unspecified atom stereocenters. The van der Waals surface area contributed by atoms with E-state index in [0.717, 1.165) is 23.6 Å². The van der Waals surface area contributed by atoms with Crippen LogP contribution in [0.3, 0.4) is 0 Å². The molecule has 4 nitrogen and oxygen atoms in total. The van der Waals surface area contributed by atoms with Crippen LogP contribution >= 0.6 is 11.3 Å². The molecule has 2 heterocycles. The van der Waals surface area contributed by atoms with Crippen LogP contribution in [-0.4, -0.2) is 31.1 Å². The highest BCUT2D eigenvalue weighted by Crippen LogP contribution is 2.37. The number of fused-ring (bicyclic) bond motifs is 1. The topological polar surface area (TPSA) is 30.9 Å². The number of likely N-dealkylation sites (tertiary alicyclic amines) is 1. The van der Waals surface area contributed by atoms with Gasteiger partial charge in [-0.3, -0.25) is 4.90 Å². The molecular weight excluding hydrogens is 514 g/mol. The first kappa shape index (κ1) is 26.6. The van der Waals surface area contributed by atoms with Gasteiger partial charge in [-0.15, -0.1) is 11.3 Å². The summed E-state index contributed by atoms with van der Waals surface area (Å²) in [6, 6.07) is 35.7. The van der Waals surface area contributed by atoms with Gasteiger partial charge in [0.05, 0.1) is 13.2 Å². The van der Waals surface area contributed by atoms with Crippen molar-refractivity contribution in [3.8, 4) is 21.9 Å². The number of hydrogen-bond acceptors (Lipinski definition) is 5. The van der Waals surface area contributed by atoms with E-state index in [-0.39, 0.29) is 0 Å². The molecule has 0 bridgehead atoms. The van der Waals surface area contributed by atoms with Gasteiger partial charge in [0, 0.05) is 21.7 Å². The Kier molecular flexibility index (Phi) is 8.73. The molecule has 4 aromatic carbocycles. The van der Waals surface area contributed by atoms with Crippen LogP contribution in [0.1, 0.15) is 29.5 Å². The van der Waals surface area contributed by atoms with Crippen LogP contribution < -0.4 is 9.47 Å². The van der Waals surface area contributed by atoms with Gasteiger partial charge in [0.2, 0.25) is 0 Å². The van der Waals surface area contributed by atoms with E-state index in [1.165, 1.54) is 57.6 Å². The van der Waals surface area contributed by atoms with Crippen molar-refractivity contribution in [1.29, 1.82) is 0 Å². The standard InChI is InChI=1S/C35H35NO3S/c1-3-9-27(10-4-1)24-37-26-31-21-29(14-16-33(31)38-20-19-36-17-7-8-18-36)34-22-30-13-15-32(23-35(30)40-34)39-25-28-11-5-2-6-12-28/h1-6,9-16,21-23H,7-8,17-20,24-26H2. The average molecular weight is 550 g/mol. The van der Waals surface area contributed by atoms with Gasteiger partial charge >= 0.3 is 0 Å². The smallest absolute Gasteiger partial charge is 0.124 e. The fourth-order valence-electron chi connectivity index (χ4n) is 5.11. The third-order valence-corrected chi connectivity index (χ3v) is 8.46. The minimum Gasteiger partial charge on any atom is -0.492 e. The maximum atomic E-state index is 6.30. The minimum absolute atomic E-state index is 0.504. The van der Waals surface area contributed by atoms with E-state index in [9.17, 15) is 0 Å². The summed E-state index contributed by atoms with van der Waals surface area (Å²) in [6.45, 7) is 5.67. The Hall–Kier alpha value is -3.64. The summed E-state index contributed by atoms with van der Waals surface area (Å²) in [5.74, 6) is 1.80. The molecule has 1 saturated heterocycles. The first-order valence-corrected chi connectivity index (χ1v) is 14.9. The molecule has 0 N–H and O–H groups in total. The molecule has 0 aliphatic carbocycles. The molecule has 5 aromatic rings. The third kappa shape index (κ3) is 6.92. The lowest BCUT2D eigenvalue weighted by molar-refractivity contribution is 0.104. The van der Waals surface area contributed by atoms with Crippen molar-refractivity contribution in [2.45, 2.75) is 32.7 Å². The van der Waals surface area contributed by atoms with Gasteiger partial charge in [0.25, 0.3) is 0 Å². The van der Waals surface area contributed by atoms with Crippen LogP contribution in [0.4, 0.5) is 0 Å². The van der Waals surface area contributed by atoms with Crippen molar-refractivity contribution in [1.82, 2.24) is 4.90 Å². The van der Waals surface area contributed by atoms with E-state index >= 15 is 0 Å². The van der Waals surface area contributed by atoms with E-state index in [2.05, 4.69) is 71.6 Å². The van der Waals surface area contributed by atoms with E-state index < -0.39 is 0 Å². The maximum Gasteiger partial charge on any atom is 0.124 e. The van der Waals surface area contributed by atoms with Gasteiger partial charge in [-0.25, -0.2) is 0 Å². The molecule has 1 aliphatic rings. The normalized spacial score (nSPS) is 13.6. The van der Waals surface area contributed by atoms with E-state index in [0.29, 0.717) is 26.4 Å². The molecule has 6 rings (SSSR count). The molecule has 0 atom stereocenters. The summed E-state index contributed by atoms with van der Waals surface area (Å²) in [5, 5.41) is 1.22. The summed E-state index contributed by atoms with van der Waals surface area (Å²) in [6.07, 6.45) is 2.59. The summed E-state index contributed by atoms with van der Waals surface area (Å²) >= 11 is 1.79. The fraction of sp³-hybridized carbons (Fsp3) is 0.257. The molecule has 5 heteroatoms. The van der Waals surface area contributed by atoms with Crippen molar-refractivity contribution in [2.24, 2.45) is 0 Å². The predicted octanol–water partition coefficient (Wildman–Crippen LogP) is 8.34. The second kappa shape index (κ2) is 13.1. The lowest BCUT2D eigenvalue weighted by Gasteiger charge is -2.17. The first-order valence-electron chi connectivity index (χ1n) is 14.1. The molecular formula is C35H35NO3S. The number of nitrogens with zero attached hydrogens (tertiary/aromatic N) is 1. The molecule has 204 valence electrons. The Balaban J connectivity index is 1.18. The number of rotatable bonds is 12. The van der Waals surface area contributed by atoms with Gasteiger partial charge in [-0.05, 0) is 90.5 Å². The molecule has 40 heavy (non-hydrogen) atoms. The zero-order chi connectivity index (χ0) is 27.0. The Morgan fingerprint density at radius 1 is 0.675 bits per heavy atom. The number of thiophene rings is 1. The quantitative estimate of drug-likeness (QED) is 0.157. The third-order valence-electron chi connectivity index (χ3n) is 7.32. The highest BCUT2D eigenvalue weighted by atomic mass is 32.1. The Bertz CT molecular complexity index is 1510. The Morgan fingerprint density at radius 2 is 1.43 bits per heavy atom. The average Bonchev–Trinajstić information content (AvgIpc) is 3.68. The van der Waals surface area contributed by atoms with Gasteiger partial charge in [-0.2, -0.15) is 0 Å². The van der Waals surface area contributed by atoms with Crippen LogP contribution in [0.2, 0.25) is 0 Å². The first-order chi connectivity index (χ1) is 19.8. The Labute approximate surface area is 240 Å². The monoisotopic (exact) mass is 549 g/mol. The van der Waals surface area contributed by atoms with Crippen LogP contribution in [0.15, 0.2) is 103 Å². The van der Waals surface area contributed by atoms with Crippen molar-refractivity contribution in [3.63, 3.8) is 0 Å². The summed E-state index contributed by atoms with van der Waals surface area (Å²) in [5.41, 5.74) is 4.60. The zero-order valence-electron chi connectivity index (χ0n) is 22.8. The second-order valence-corrected chi connectivity index (χ2v) is 11.4. The summed E-state index contributed by atoms with van der Waals surface area (Å²) < 4.78 is 19.7. The lowest BCUT2D eigenvalue weighted by Crippen LogP contribution is -2.25. The van der Waals surface area contributed by atoms with Crippen LogP contribution in [0.5, 0.6) is 11.5 Å². The van der Waals surface area contributed by atoms with Gasteiger partial charge in [0.15, 0.2) is 0 Å². The maximum absolute atomic E-state index is 6.30. The number of hydrogen-bond donors (Lipinski definition) is 0. The highest BCUT2D eigenvalue weighted by molar-refractivity contribution is 7.22. The van der Waals surface area contributed by atoms with Crippen molar-refractivity contribution in [3.05, 3.63) is 120 Å². The number of benzene rings is 4. The molecule has 1 aromatic heterocycles. The molecule has 0 spiro atoms. The van der Waals surface area contributed by atoms with E-state index in [1.807, 2.05) is 36.4 Å². The van der Waals surface area contributed by atoms with Crippen molar-refractivity contribution >= 4 is 21.4 Å². The molecule has 0 saturated carbocycles. The second-order valence-electron chi connectivity index (χ2n) is 10.3. The number of ether oxygens (including phenoxy) is 3. The van der Waals surface area contributed by atoms with Crippen molar-refractivity contribution < 1.29 is 14.2 Å². The van der Waals surface area contributed by atoms with Crippen molar-refractivity contribution in [2.75, 3.05) is 26.2 Å². The molecule has 0 amide bonds. The van der Waals surface area contributed by atoms with E-state index in [1.54, 1.807) is 11.3 Å². The lowest BCUT2D eigenvalue weighted by atomic mass is 10.1. The summed E-state index contributed by atoms with van der Waals surface area (Å²) in [7, 11) is 0. The fourth-order valence-corrected chi connectivity index (χ4v) is 6.20. The van der Waals surface area contributed by atoms with Gasteiger partial charge < -0.3 is 14.2 Å². The highest BCUT2D eigenvalue weighted by Gasteiger charge is 2.14. The van der Waals surface area contributed by atoms with Crippen LogP contribution in [0.25, 0.3) is 20.5 Å². The molecule has 1 fully saturated rings. The van der Waals surface area contributed by atoms with Crippen LogP contribution in [0, 0.1) is 0 Å². The predicted molar refractivity (Wildman–Crippen MR) is 164 cm³/mol. The Morgan fingerprint density at radius 3 is 2.20 bits per heavy atom. The SMILES string of the molecule is c1ccc(COCc2cc(-c3cc4ccc(OCc5ccccc5)cc4s3)ccc2OCCN2CCCC2)cc1. The van der Waals surface area contributed by atoms with Gasteiger partial charge in [0.1, 0.15) is 24.7 Å². The molecule has 0 radical (unpaired) electrons. The van der Waals surface area contributed by atoms with E-state index in [4.69, 9.17) is 14.2 Å². The summed E-state index contributed by atoms with van der Waals surface area (Å²) in [4.78, 5) is 3.71. The van der Waals surface area contributed by atoms with Crippen LogP contribution in [-0.2, 0) is 24.6 Å².